The number of aromatic nitrogens is 1. The summed E-state index contributed by atoms with van der Waals surface area (Å²) < 4.78 is 13.3. The molecule has 5 heteroatoms. The van der Waals surface area contributed by atoms with Gasteiger partial charge in [0, 0.05) is 28.3 Å². The van der Waals surface area contributed by atoms with Gasteiger partial charge in [-0.15, -0.1) is 0 Å². The van der Waals surface area contributed by atoms with Crippen LogP contribution < -0.4 is 10.6 Å². The van der Waals surface area contributed by atoms with Crippen molar-refractivity contribution < 1.29 is 9.18 Å². The second-order valence-corrected chi connectivity index (χ2v) is 6.93. The summed E-state index contributed by atoms with van der Waals surface area (Å²) in [6.07, 6.45) is 5.77. The summed E-state index contributed by atoms with van der Waals surface area (Å²) in [4.78, 5) is 15.4. The highest BCUT2D eigenvalue weighted by Crippen LogP contribution is 2.26. The summed E-state index contributed by atoms with van der Waals surface area (Å²) in [7, 11) is 0. The molecule has 134 valence electrons. The highest BCUT2D eigenvalue weighted by molar-refractivity contribution is 5.90. The highest BCUT2D eigenvalue weighted by atomic mass is 19.1. The summed E-state index contributed by atoms with van der Waals surface area (Å²) in [5.74, 6) is -0.244. The number of aromatic amines is 1. The van der Waals surface area contributed by atoms with Gasteiger partial charge >= 0.3 is 6.03 Å². The molecule has 4 rings (SSSR count). The topological polar surface area (TPSA) is 56.9 Å². The van der Waals surface area contributed by atoms with E-state index < -0.39 is 0 Å². The lowest BCUT2D eigenvalue weighted by Crippen LogP contribution is -2.38. The van der Waals surface area contributed by atoms with E-state index in [1.807, 2.05) is 30.3 Å². The number of rotatable bonds is 3. The van der Waals surface area contributed by atoms with Crippen LogP contribution in [0.3, 0.4) is 0 Å². The summed E-state index contributed by atoms with van der Waals surface area (Å²) in [5, 5.41) is 6.78. The Balaban J connectivity index is 1.43. The molecule has 0 saturated heterocycles. The molecule has 3 aromatic rings. The minimum absolute atomic E-state index is 0.147. The predicted octanol–water partition coefficient (Wildman–Crippen LogP) is 5.43. The third kappa shape index (κ3) is 3.72. The number of amides is 2. The van der Waals surface area contributed by atoms with Gasteiger partial charge in [-0.25, -0.2) is 9.18 Å². The monoisotopic (exact) mass is 351 g/mol. The Bertz CT molecular complexity index is 911. The molecule has 26 heavy (non-hydrogen) atoms. The van der Waals surface area contributed by atoms with Crippen LogP contribution in [0.25, 0.3) is 22.2 Å². The van der Waals surface area contributed by atoms with E-state index in [9.17, 15) is 9.18 Å². The standard InChI is InChI=1S/C21H22FN3O/c22-16-8-11-19-15(12-16)13-20(25-19)14-6-9-18(10-7-14)24-21(26)23-17-4-2-1-3-5-17/h6-13,17,25H,1-5H2,(H2,23,24,26). The molecule has 2 amide bonds. The van der Waals surface area contributed by atoms with Crippen molar-refractivity contribution in [3.63, 3.8) is 0 Å². The first-order chi connectivity index (χ1) is 12.7. The zero-order valence-electron chi connectivity index (χ0n) is 14.5. The van der Waals surface area contributed by atoms with Crippen LogP contribution in [0.2, 0.25) is 0 Å². The molecule has 0 bridgehead atoms. The fourth-order valence-corrected chi connectivity index (χ4v) is 3.59. The Morgan fingerprint density at radius 2 is 1.77 bits per heavy atom. The van der Waals surface area contributed by atoms with Gasteiger partial charge in [-0.1, -0.05) is 31.4 Å². The Kier molecular flexibility index (Phi) is 4.61. The van der Waals surface area contributed by atoms with Gasteiger partial charge in [0.05, 0.1) is 0 Å². The Morgan fingerprint density at radius 1 is 1.00 bits per heavy atom. The van der Waals surface area contributed by atoms with Crippen LogP contribution in [-0.2, 0) is 0 Å². The second-order valence-electron chi connectivity index (χ2n) is 6.93. The summed E-state index contributed by atoms with van der Waals surface area (Å²) >= 11 is 0. The fourth-order valence-electron chi connectivity index (χ4n) is 3.59. The minimum Gasteiger partial charge on any atom is -0.355 e. The number of hydrogen-bond donors (Lipinski definition) is 3. The molecule has 0 aliphatic heterocycles. The number of H-pyrrole nitrogens is 1. The first-order valence-electron chi connectivity index (χ1n) is 9.14. The van der Waals surface area contributed by atoms with E-state index in [-0.39, 0.29) is 17.9 Å². The van der Waals surface area contributed by atoms with Crippen LogP contribution in [0.1, 0.15) is 32.1 Å². The van der Waals surface area contributed by atoms with Gasteiger partial charge in [0.25, 0.3) is 0 Å². The van der Waals surface area contributed by atoms with Gasteiger partial charge in [-0.2, -0.15) is 0 Å². The summed E-state index contributed by atoms with van der Waals surface area (Å²) in [6, 6.07) is 14.4. The second kappa shape index (κ2) is 7.20. The van der Waals surface area contributed by atoms with E-state index in [4.69, 9.17) is 0 Å². The third-order valence-corrected chi connectivity index (χ3v) is 4.98. The van der Waals surface area contributed by atoms with Crippen molar-refractivity contribution in [1.82, 2.24) is 10.3 Å². The van der Waals surface area contributed by atoms with E-state index in [2.05, 4.69) is 15.6 Å². The van der Waals surface area contributed by atoms with Crippen molar-refractivity contribution in [2.45, 2.75) is 38.1 Å². The van der Waals surface area contributed by atoms with Crippen molar-refractivity contribution in [1.29, 1.82) is 0 Å². The lowest BCUT2D eigenvalue weighted by atomic mass is 9.96. The first kappa shape index (κ1) is 16.6. The van der Waals surface area contributed by atoms with Crippen LogP contribution in [0.5, 0.6) is 0 Å². The van der Waals surface area contributed by atoms with Gasteiger partial charge in [0.1, 0.15) is 5.82 Å². The number of anilines is 1. The lowest BCUT2D eigenvalue weighted by Gasteiger charge is -2.22. The smallest absolute Gasteiger partial charge is 0.319 e. The van der Waals surface area contributed by atoms with Gasteiger partial charge in [-0.3, -0.25) is 0 Å². The highest BCUT2D eigenvalue weighted by Gasteiger charge is 2.15. The van der Waals surface area contributed by atoms with Crippen molar-refractivity contribution >= 4 is 22.6 Å². The van der Waals surface area contributed by atoms with Crippen molar-refractivity contribution in [3.05, 3.63) is 54.3 Å². The van der Waals surface area contributed by atoms with Crippen molar-refractivity contribution in [2.24, 2.45) is 0 Å². The fraction of sp³-hybridized carbons (Fsp3) is 0.286. The van der Waals surface area contributed by atoms with Crippen LogP contribution >= 0.6 is 0 Å². The number of benzene rings is 2. The zero-order valence-corrected chi connectivity index (χ0v) is 14.5. The maximum absolute atomic E-state index is 13.3. The SMILES string of the molecule is O=C(Nc1ccc(-c2cc3cc(F)ccc3[nH]2)cc1)NC1CCCCC1. The molecule has 4 nitrogen and oxygen atoms in total. The number of carbonyl (C=O) groups excluding carboxylic acids is 1. The van der Waals surface area contributed by atoms with Gasteiger partial charge in [-0.05, 0) is 54.8 Å². The number of halogens is 1. The number of urea groups is 1. The van der Waals surface area contributed by atoms with E-state index >= 15 is 0 Å². The summed E-state index contributed by atoms with van der Waals surface area (Å²) in [5.41, 5.74) is 3.56. The molecule has 1 aliphatic carbocycles. The molecule has 0 atom stereocenters. The molecule has 0 radical (unpaired) electrons. The summed E-state index contributed by atoms with van der Waals surface area (Å²) in [6.45, 7) is 0. The number of fused-ring (bicyclic) bond motifs is 1. The molecule has 0 spiro atoms. The third-order valence-electron chi connectivity index (χ3n) is 4.98. The van der Waals surface area contributed by atoms with Crippen LogP contribution in [0.4, 0.5) is 14.9 Å². The number of nitrogens with one attached hydrogen (secondary N) is 3. The van der Waals surface area contributed by atoms with Gasteiger partial charge < -0.3 is 15.6 Å². The molecule has 1 fully saturated rings. The number of carbonyl (C=O) groups is 1. The zero-order chi connectivity index (χ0) is 17.9. The van der Waals surface area contributed by atoms with E-state index in [1.54, 1.807) is 6.07 Å². The molecule has 1 heterocycles. The molecule has 1 saturated carbocycles. The van der Waals surface area contributed by atoms with E-state index in [0.29, 0.717) is 0 Å². The average Bonchev–Trinajstić information content (AvgIpc) is 3.06. The van der Waals surface area contributed by atoms with Crippen LogP contribution in [-0.4, -0.2) is 17.1 Å². The Morgan fingerprint density at radius 3 is 2.54 bits per heavy atom. The molecular weight excluding hydrogens is 329 g/mol. The Labute approximate surface area is 151 Å². The largest absolute Gasteiger partial charge is 0.355 e. The molecule has 2 aromatic carbocycles. The van der Waals surface area contributed by atoms with E-state index in [0.717, 1.165) is 40.7 Å². The molecule has 0 unspecified atom stereocenters. The number of hydrogen-bond acceptors (Lipinski definition) is 1. The first-order valence-corrected chi connectivity index (χ1v) is 9.14. The van der Waals surface area contributed by atoms with Crippen molar-refractivity contribution in [2.75, 3.05) is 5.32 Å². The van der Waals surface area contributed by atoms with Gasteiger partial charge in [0.15, 0.2) is 0 Å². The van der Waals surface area contributed by atoms with Crippen molar-refractivity contribution in [3.8, 4) is 11.3 Å². The van der Waals surface area contributed by atoms with Crippen LogP contribution in [0.15, 0.2) is 48.5 Å². The molecular formula is C21H22FN3O. The minimum atomic E-state index is -0.244. The van der Waals surface area contributed by atoms with E-state index in [1.165, 1.54) is 31.4 Å². The van der Waals surface area contributed by atoms with Gasteiger partial charge in [0.2, 0.25) is 0 Å². The lowest BCUT2D eigenvalue weighted by molar-refractivity contribution is 0.244. The molecule has 1 aliphatic rings. The maximum Gasteiger partial charge on any atom is 0.319 e. The molecule has 1 aromatic heterocycles. The normalized spacial score (nSPS) is 15.1. The average molecular weight is 351 g/mol. The maximum atomic E-state index is 13.3. The Hall–Kier alpha value is -2.82. The molecule has 3 N–H and O–H groups in total. The quantitative estimate of drug-likeness (QED) is 0.579. The predicted molar refractivity (Wildman–Crippen MR) is 103 cm³/mol. The van der Waals surface area contributed by atoms with Crippen LogP contribution in [0, 0.1) is 5.82 Å².